The number of nitrogens with zero attached hydrogens (tertiary/aromatic N) is 2. The van der Waals surface area contributed by atoms with Gasteiger partial charge in [0.1, 0.15) is 10.7 Å². The standard InChI is InChI=1S/C25H20N4O4S/c30-19-10-16(25(32)33)9-18-22(19)17(8-14-4-2-1-3-5-14)23(28-18)15-6-7-27-21(11-15)29-24(31)20-12-26-13-34-20/h1-7,11-13,16,28H,8-10H2,(H,32,33)(H,27,29,31). The normalized spacial score (nSPS) is 15.1. The fourth-order valence-electron chi connectivity index (χ4n) is 4.29. The number of amides is 1. The first-order valence-electron chi connectivity index (χ1n) is 10.7. The van der Waals surface area contributed by atoms with E-state index in [9.17, 15) is 19.5 Å². The lowest BCUT2D eigenvalue weighted by atomic mass is 9.84. The van der Waals surface area contributed by atoms with Gasteiger partial charge in [0.2, 0.25) is 0 Å². The average Bonchev–Trinajstić information content (AvgIpc) is 3.49. The minimum absolute atomic E-state index is 0.0199. The third-order valence-electron chi connectivity index (χ3n) is 5.86. The second kappa shape index (κ2) is 9.03. The average molecular weight is 473 g/mol. The Labute approximate surface area is 198 Å². The van der Waals surface area contributed by atoms with Crippen LogP contribution in [0.25, 0.3) is 11.3 Å². The van der Waals surface area contributed by atoms with Crippen LogP contribution in [0.2, 0.25) is 0 Å². The molecule has 0 fully saturated rings. The molecule has 1 aliphatic carbocycles. The Bertz CT molecular complexity index is 1380. The van der Waals surface area contributed by atoms with Crippen molar-refractivity contribution in [3.05, 3.63) is 87.6 Å². The minimum atomic E-state index is -0.975. The van der Waals surface area contributed by atoms with Crippen LogP contribution in [0.4, 0.5) is 5.82 Å². The van der Waals surface area contributed by atoms with Crippen molar-refractivity contribution in [1.82, 2.24) is 15.0 Å². The number of carboxylic acid groups (broad SMARTS) is 1. The summed E-state index contributed by atoms with van der Waals surface area (Å²) in [5.74, 6) is -1.83. The predicted octanol–water partition coefficient (Wildman–Crippen LogP) is 4.21. The van der Waals surface area contributed by atoms with Gasteiger partial charge in [-0.3, -0.25) is 19.4 Å². The van der Waals surface area contributed by atoms with Gasteiger partial charge in [-0.25, -0.2) is 4.98 Å². The van der Waals surface area contributed by atoms with Crippen LogP contribution in [-0.4, -0.2) is 37.7 Å². The molecule has 1 aliphatic rings. The number of fused-ring (bicyclic) bond motifs is 1. The van der Waals surface area contributed by atoms with Crippen LogP contribution < -0.4 is 5.32 Å². The van der Waals surface area contributed by atoms with Gasteiger partial charge in [-0.05, 0) is 23.3 Å². The quantitative estimate of drug-likeness (QED) is 0.386. The van der Waals surface area contributed by atoms with Gasteiger partial charge in [-0.2, -0.15) is 0 Å². The van der Waals surface area contributed by atoms with Crippen molar-refractivity contribution in [2.45, 2.75) is 19.3 Å². The molecule has 1 atom stereocenters. The summed E-state index contributed by atoms with van der Waals surface area (Å²) in [5, 5.41) is 12.3. The Kier molecular flexibility index (Phi) is 5.77. The molecule has 3 aromatic heterocycles. The van der Waals surface area contributed by atoms with E-state index in [-0.39, 0.29) is 24.5 Å². The molecule has 1 amide bonds. The number of nitrogens with one attached hydrogen (secondary N) is 2. The smallest absolute Gasteiger partial charge is 0.307 e. The third kappa shape index (κ3) is 4.25. The molecule has 0 bridgehead atoms. The fourth-order valence-corrected chi connectivity index (χ4v) is 4.80. The number of H-pyrrole nitrogens is 1. The number of rotatable bonds is 6. The van der Waals surface area contributed by atoms with Crippen LogP contribution in [0.15, 0.2) is 60.4 Å². The first-order valence-corrected chi connectivity index (χ1v) is 11.6. The maximum atomic E-state index is 13.0. The highest BCUT2D eigenvalue weighted by Gasteiger charge is 2.34. The number of carbonyl (C=O) groups excluding carboxylic acids is 2. The van der Waals surface area contributed by atoms with Crippen LogP contribution >= 0.6 is 11.3 Å². The molecule has 0 saturated carbocycles. The van der Waals surface area contributed by atoms with Gasteiger partial charge in [0, 0.05) is 42.3 Å². The molecule has 4 aromatic rings. The fraction of sp³-hybridized carbons (Fsp3) is 0.160. The number of hydrogen-bond donors (Lipinski definition) is 3. The zero-order chi connectivity index (χ0) is 23.7. The molecular weight excluding hydrogens is 452 g/mol. The molecule has 34 heavy (non-hydrogen) atoms. The molecule has 3 heterocycles. The number of aliphatic carboxylic acids is 1. The SMILES string of the molecule is O=C(Nc1cc(-c2[nH]c3c(c2Cc2ccccc2)C(=O)CC(C(=O)O)C3)ccn1)c1cncs1. The monoisotopic (exact) mass is 472 g/mol. The number of aromatic amines is 1. The molecule has 9 heteroatoms. The van der Waals surface area contributed by atoms with Crippen LogP contribution in [-0.2, 0) is 17.6 Å². The number of thiazole rings is 1. The second-order valence-corrected chi connectivity index (χ2v) is 9.00. The van der Waals surface area contributed by atoms with E-state index in [2.05, 4.69) is 20.3 Å². The summed E-state index contributed by atoms with van der Waals surface area (Å²) in [7, 11) is 0. The summed E-state index contributed by atoms with van der Waals surface area (Å²) >= 11 is 1.23. The van der Waals surface area contributed by atoms with Crippen molar-refractivity contribution < 1.29 is 19.5 Å². The number of carbonyl (C=O) groups is 3. The van der Waals surface area contributed by atoms with Crippen molar-refractivity contribution >= 4 is 34.8 Å². The van der Waals surface area contributed by atoms with E-state index in [1.807, 2.05) is 30.3 Å². The number of hydrogen-bond acceptors (Lipinski definition) is 6. The zero-order valence-electron chi connectivity index (χ0n) is 17.9. The number of pyridine rings is 1. The van der Waals surface area contributed by atoms with E-state index in [4.69, 9.17) is 0 Å². The largest absolute Gasteiger partial charge is 0.481 e. The number of carboxylic acids is 1. The van der Waals surface area contributed by atoms with Gasteiger partial charge in [0.15, 0.2) is 5.78 Å². The summed E-state index contributed by atoms with van der Waals surface area (Å²) in [6.45, 7) is 0. The second-order valence-electron chi connectivity index (χ2n) is 8.11. The topological polar surface area (TPSA) is 125 Å². The van der Waals surface area contributed by atoms with Gasteiger partial charge in [-0.1, -0.05) is 30.3 Å². The van der Waals surface area contributed by atoms with Gasteiger partial charge in [0.25, 0.3) is 5.91 Å². The Morgan fingerprint density at radius 2 is 2.00 bits per heavy atom. The van der Waals surface area contributed by atoms with Crippen molar-refractivity contribution in [3.63, 3.8) is 0 Å². The molecule has 5 rings (SSSR count). The lowest BCUT2D eigenvalue weighted by Gasteiger charge is -2.18. The first kappa shape index (κ1) is 21.7. The highest BCUT2D eigenvalue weighted by Crippen LogP contribution is 2.36. The number of ketones is 1. The number of benzene rings is 1. The molecule has 0 radical (unpaired) electrons. The van der Waals surface area contributed by atoms with Gasteiger partial charge in [0.05, 0.1) is 23.3 Å². The molecule has 170 valence electrons. The van der Waals surface area contributed by atoms with E-state index in [1.165, 1.54) is 17.5 Å². The summed E-state index contributed by atoms with van der Waals surface area (Å²) in [6.07, 6.45) is 3.83. The van der Waals surface area contributed by atoms with Gasteiger partial charge >= 0.3 is 5.97 Å². The Morgan fingerprint density at radius 1 is 1.18 bits per heavy atom. The Balaban J connectivity index is 1.56. The van der Waals surface area contributed by atoms with Crippen LogP contribution in [0.1, 0.15) is 43.3 Å². The zero-order valence-corrected chi connectivity index (χ0v) is 18.8. The van der Waals surface area contributed by atoms with E-state index >= 15 is 0 Å². The molecule has 3 N–H and O–H groups in total. The minimum Gasteiger partial charge on any atom is -0.481 e. The molecular formula is C25H20N4O4S. The van der Waals surface area contributed by atoms with Crippen molar-refractivity contribution in [3.8, 4) is 11.3 Å². The molecule has 0 aliphatic heterocycles. The van der Waals surface area contributed by atoms with E-state index in [0.717, 1.165) is 22.4 Å². The van der Waals surface area contributed by atoms with Crippen LogP contribution in [0.5, 0.6) is 0 Å². The summed E-state index contributed by atoms with van der Waals surface area (Å²) in [6, 6.07) is 13.3. The van der Waals surface area contributed by atoms with Crippen molar-refractivity contribution in [2.24, 2.45) is 5.92 Å². The highest BCUT2D eigenvalue weighted by atomic mass is 32.1. The van der Waals surface area contributed by atoms with Crippen LogP contribution in [0, 0.1) is 5.92 Å². The highest BCUT2D eigenvalue weighted by molar-refractivity contribution is 7.11. The number of aromatic nitrogens is 3. The molecule has 0 saturated heterocycles. The lowest BCUT2D eigenvalue weighted by Crippen LogP contribution is -2.26. The van der Waals surface area contributed by atoms with E-state index < -0.39 is 11.9 Å². The Hall–Kier alpha value is -4.11. The maximum absolute atomic E-state index is 13.0. The Morgan fingerprint density at radius 3 is 2.74 bits per heavy atom. The predicted molar refractivity (Wildman–Crippen MR) is 127 cm³/mol. The number of anilines is 1. The molecule has 8 nitrogen and oxygen atoms in total. The maximum Gasteiger partial charge on any atom is 0.307 e. The summed E-state index contributed by atoms with van der Waals surface area (Å²) in [5.41, 5.74) is 6.12. The molecule has 1 unspecified atom stereocenters. The van der Waals surface area contributed by atoms with Gasteiger partial charge in [-0.15, -0.1) is 11.3 Å². The molecule has 1 aromatic carbocycles. The third-order valence-corrected chi connectivity index (χ3v) is 6.63. The van der Waals surface area contributed by atoms with Crippen molar-refractivity contribution in [1.29, 1.82) is 0 Å². The first-order chi connectivity index (χ1) is 16.5. The van der Waals surface area contributed by atoms with Gasteiger partial charge < -0.3 is 15.4 Å². The summed E-state index contributed by atoms with van der Waals surface area (Å²) in [4.78, 5) is 49.1. The lowest BCUT2D eigenvalue weighted by molar-refractivity contribution is -0.141. The van der Waals surface area contributed by atoms with E-state index in [1.54, 1.807) is 23.8 Å². The van der Waals surface area contributed by atoms with Crippen molar-refractivity contribution in [2.75, 3.05) is 5.32 Å². The van der Waals surface area contributed by atoms with E-state index in [0.29, 0.717) is 28.4 Å². The number of Topliss-reactive ketones (excluding diaryl/α,β-unsaturated/α-hetero) is 1. The summed E-state index contributed by atoms with van der Waals surface area (Å²) < 4.78 is 0. The molecule has 0 spiro atoms. The van der Waals surface area contributed by atoms with Crippen LogP contribution in [0.3, 0.4) is 0 Å².